The summed E-state index contributed by atoms with van der Waals surface area (Å²) in [5, 5.41) is 2.90. The third-order valence-corrected chi connectivity index (χ3v) is 5.31. The summed E-state index contributed by atoms with van der Waals surface area (Å²) in [4.78, 5) is 40.3. The highest BCUT2D eigenvalue weighted by atomic mass is 16.2. The number of likely N-dealkylation sites (tertiary alicyclic amines) is 1. The van der Waals surface area contributed by atoms with Crippen LogP contribution < -0.4 is 5.32 Å². The molecule has 2 aromatic rings. The maximum atomic E-state index is 12.8. The van der Waals surface area contributed by atoms with E-state index >= 15 is 0 Å². The minimum atomic E-state index is -0.0482. The Bertz CT molecular complexity index is 846. The Hall–Kier alpha value is -2.83. The second kappa shape index (κ2) is 9.58. The van der Waals surface area contributed by atoms with E-state index in [0.29, 0.717) is 25.2 Å². The number of carbonyl (C=O) groups is 2. The Kier molecular flexibility index (Phi) is 6.90. The summed E-state index contributed by atoms with van der Waals surface area (Å²) in [6.07, 6.45) is 4.70. The highest BCUT2D eigenvalue weighted by Crippen LogP contribution is 2.26. The molecule has 2 amide bonds. The van der Waals surface area contributed by atoms with E-state index < -0.39 is 0 Å². The summed E-state index contributed by atoms with van der Waals surface area (Å²) in [7, 11) is 0. The van der Waals surface area contributed by atoms with E-state index in [9.17, 15) is 9.59 Å². The summed E-state index contributed by atoms with van der Waals surface area (Å²) in [6.45, 7) is 7.88. The molecule has 1 fully saturated rings. The number of hydrogen-bond donors (Lipinski definition) is 1. The molecule has 0 saturated carbocycles. The largest absolute Gasteiger partial charge is 0.356 e. The fourth-order valence-corrected chi connectivity index (χ4v) is 3.71. The van der Waals surface area contributed by atoms with Crippen molar-refractivity contribution in [1.29, 1.82) is 0 Å². The summed E-state index contributed by atoms with van der Waals surface area (Å²) >= 11 is 0. The topological polar surface area (TPSA) is 88.1 Å². The molecule has 2 aromatic heterocycles. The van der Waals surface area contributed by atoms with E-state index in [1.54, 1.807) is 18.3 Å². The molecule has 0 aromatic carbocycles. The second-order valence-corrected chi connectivity index (χ2v) is 7.56. The predicted molar refractivity (Wildman–Crippen MR) is 111 cm³/mol. The van der Waals surface area contributed by atoms with Crippen molar-refractivity contribution in [3.63, 3.8) is 0 Å². The first-order valence-electron chi connectivity index (χ1n) is 10.3. The monoisotopic (exact) mass is 395 g/mol. The highest BCUT2D eigenvalue weighted by molar-refractivity contribution is 5.92. The van der Waals surface area contributed by atoms with Gasteiger partial charge in [-0.05, 0) is 45.2 Å². The van der Waals surface area contributed by atoms with Crippen molar-refractivity contribution in [3.8, 4) is 0 Å². The molecule has 7 nitrogen and oxygen atoms in total. The van der Waals surface area contributed by atoms with Crippen molar-refractivity contribution in [2.45, 2.75) is 52.4 Å². The molecule has 29 heavy (non-hydrogen) atoms. The molecule has 0 radical (unpaired) electrons. The number of rotatable bonds is 6. The molecule has 154 valence electrons. The average molecular weight is 396 g/mol. The van der Waals surface area contributed by atoms with Crippen LogP contribution in [0.15, 0.2) is 24.4 Å². The van der Waals surface area contributed by atoms with E-state index in [1.807, 2.05) is 31.7 Å². The average Bonchev–Trinajstić information content (AvgIpc) is 2.74. The van der Waals surface area contributed by atoms with Gasteiger partial charge in [-0.25, -0.2) is 9.97 Å². The summed E-state index contributed by atoms with van der Waals surface area (Å²) in [6, 6.07) is 5.38. The van der Waals surface area contributed by atoms with E-state index in [-0.39, 0.29) is 17.7 Å². The first kappa shape index (κ1) is 20.9. The first-order valence-corrected chi connectivity index (χ1v) is 10.3. The molecule has 1 N–H and O–H groups in total. The molecule has 1 aliphatic rings. The molecule has 3 heterocycles. The van der Waals surface area contributed by atoms with Gasteiger partial charge in [0.05, 0.1) is 6.42 Å². The fraction of sp³-hybridized carbons (Fsp3) is 0.500. The lowest BCUT2D eigenvalue weighted by Gasteiger charge is -2.32. The molecule has 1 aliphatic heterocycles. The molecule has 0 spiro atoms. The predicted octanol–water partition coefficient (Wildman–Crippen LogP) is 2.58. The number of nitrogens with one attached hydrogen (secondary N) is 1. The lowest BCUT2D eigenvalue weighted by atomic mass is 9.96. The van der Waals surface area contributed by atoms with Crippen LogP contribution in [0.1, 0.15) is 65.4 Å². The molecule has 0 bridgehead atoms. The van der Waals surface area contributed by atoms with Gasteiger partial charge < -0.3 is 10.2 Å². The maximum Gasteiger partial charge on any atom is 0.272 e. The van der Waals surface area contributed by atoms with Crippen LogP contribution >= 0.6 is 0 Å². The third-order valence-electron chi connectivity index (χ3n) is 5.31. The van der Waals surface area contributed by atoms with Crippen LogP contribution in [0.25, 0.3) is 0 Å². The van der Waals surface area contributed by atoms with Gasteiger partial charge in [-0.2, -0.15) is 0 Å². The summed E-state index contributed by atoms with van der Waals surface area (Å²) in [5.41, 5.74) is 3.04. The summed E-state index contributed by atoms with van der Waals surface area (Å²) in [5.74, 6) is 0.806. The van der Waals surface area contributed by atoms with Crippen molar-refractivity contribution in [2.75, 3.05) is 19.6 Å². The molecular formula is C22H29N5O2. The Morgan fingerprint density at radius 3 is 2.62 bits per heavy atom. The van der Waals surface area contributed by atoms with E-state index in [1.165, 1.54) is 0 Å². The molecule has 0 aliphatic carbocycles. The van der Waals surface area contributed by atoms with Crippen molar-refractivity contribution in [3.05, 3.63) is 52.9 Å². The van der Waals surface area contributed by atoms with E-state index in [4.69, 9.17) is 9.97 Å². The van der Waals surface area contributed by atoms with Gasteiger partial charge in [0.1, 0.15) is 11.5 Å². The van der Waals surface area contributed by atoms with Crippen LogP contribution in [-0.2, 0) is 11.2 Å². The molecular weight excluding hydrogens is 366 g/mol. The van der Waals surface area contributed by atoms with Gasteiger partial charge in [0.25, 0.3) is 5.91 Å². The molecule has 1 saturated heterocycles. The normalized spacial score (nSPS) is 16.5. The minimum absolute atomic E-state index is 0.000741. The number of amides is 2. The van der Waals surface area contributed by atoms with Gasteiger partial charge >= 0.3 is 0 Å². The zero-order valence-corrected chi connectivity index (χ0v) is 17.4. The van der Waals surface area contributed by atoms with E-state index in [2.05, 4.69) is 10.3 Å². The second-order valence-electron chi connectivity index (χ2n) is 7.56. The van der Waals surface area contributed by atoms with Gasteiger partial charge in [0.15, 0.2) is 0 Å². The third kappa shape index (κ3) is 5.16. The van der Waals surface area contributed by atoms with Crippen molar-refractivity contribution < 1.29 is 9.59 Å². The first-order chi connectivity index (χ1) is 14.0. The van der Waals surface area contributed by atoms with E-state index in [0.717, 1.165) is 48.6 Å². The smallest absolute Gasteiger partial charge is 0.272 e. The Morgan fingerprint density at radius 1 is 1.21 bits per heavy atom. The molecule has 0 unspecified atom stereocenters. The van der Waals surface area contributed by atoms with Crippen LogP contribution in [-0.4, -0.2) is 51.3 Å². The van der Waals surface area contributed by atoms with Crippen LogP contribution in [0, 0.1) is 13.8 Å². The van der Waals surface area contributed by atoms with Crippen LogP contribution in [0.5, 0.6) is 0 Å². The number of aryl methyl sites for hydroxylation is 2. The SMILES string of the molecule is CCCNC(=O)Cc1c(C)nc([C@H]2CCCN(C(=O)c3ccccn3)C2)nc1C. The molecule has 7 heteroatoms. The Balaban J connectivity index is 1.73. The van der Waals surface area contributed by atoms with Gasteiger partial charge in [0, 0.05) is 48.7 Å². The standard InChI is InChI=1S/C22H29N5O2/c1-4-10-24-20(28)13-18-15(2)25-21(26-16(18)3)17-8-7-12-27(14-17)22(29)19-9-5-6-11-23-19/h5-6,9,11,17H,4,7-8,10,12-14H2,1-3H3,(H,24,28)/t17-/m0/s1. The molecule has 1 atom stereocenters. The quantitative estimate of drug-likeness (QED) is 0.812. The molecule has 3 rings (SSSR count). The number of nitrogens with zero attached hydrogens (tertiary/aromatic N) is 4. The zero-order valence-electron chi connectivity index (χ0n) is 17.4. The number of pyridine rings is 1. The number of piperidine rings is 1. The number of carbonyl (C=O) groups excluding carboxylic acids is 2. The van der Waals surface area contributed by atoms with Crippen molar-refractivity contribution in [1.82, 2.24) is 25.2 Å². The van der Waals surface area contributed by atoms with Crippen LogP contribution in [0.3, 0.4) is 0 Å². The number of aromatic nitrogens is 3. The van der Waals surface area contributed by atoms with Gasteiger partial charge in [0.2, 0.25) is 5.91 Å². The highest BCUT2D eigenvalue weighted by Gasteiger charge is 2.28. The van der Waals surface area contributed by atoms with Gasteiger partial charge in [-0.1, -0.05) is 13.0 Å². The van der Waals surface area contributed by atoms with Gasteiger partial charge in [-0.3, -0.25) is 14.6 Å². The van der Waals surface area contributed by atoms with Crippen molar-refractivity contribution >= 4 is 11.8 Å². The Labute approximate surface area is 172 Å². The van der Waals surface area contributed by atoms with Gasteiger partial charge in [-0.15, -0.1) is 0 Å². The maximum absolute atomic E-state index is 12.8. The summed E-state index contributed by atoms with van der Waals surface area (Å²) < 4.78 is 0. The lowest BCUT2D eigenvalue weighted by Crippen LogP contribution is -2.40. The lowest BCUT2D eigenvalue weighted by molar-refractivity contribution is -0.120. The zero-order chi connectivity index (χ0) is 20.8. The fourth-order valence-electron chi connectivity index (χ4n) is 3.71. The van der Waals surface area contributed by atoms with Crippen molar-refractivity contribution in [2.24, 2.45) is 0 Å². The van der Waals surface area contributed by atoms with Crippen LogP contribution in [0.4, 0.5) is 0 Å². The minimum Gasteiger partial charge on any atom is -0.356 e. The Morgan fingerprint density at radius 2 is 1.97 bits per heavy atom. The van der Waals surface area contributed by atoms with Crippen LogP contribution in [0.2, 0.25) is 0 Å². The number of hydrogen-bond acceptors (Lipinski definition) is 5.